The van der Waals surface area contributed by atoms with Crippen molar-refractivity contribution in [2.24, 2.45) is 0 Å². The maximum Gasteiger partial charge on any atom is 0.303 e. The molecule has 31 heavy (non-hydrogen) atoms. The number of benzene rings is 2. The Labute approximate surface area is 207 Å². The first kappa shape index (κ1) is 24.1. The van der Waals surface area contributed by atoms with Gasteiger partial charge in [0.05, 0.1) is 4.91 Å². The normalized spacial score (nSPS) is 15.1. The number of carbonyl (C=O) groups excluding carboxylic acids is 1. The first-order chi connectivity index (χ1) is 14.7. The summed E-state index contributed by atoms with van der Waals surface area (Å²) in [6.07, 6.45) is 2.04. The Morgan fingerprint density at radius 3 is 2.74 bits per heavy atom. The average molecular weight is 561 g/mol. The van der Waals surface area contributed by atoms with Crippen molar-refractivity contribution in [2.45, 2.75) is 19.4 Å². The molecule has 1 N–H and O–H groups in total. The molecule has 162 valence electrons. The molecule has 0 aliphatic carbocycles. The lowest BCUT2D eigenvalue weighted by Crippen LogP contribution is -2.29. The highest BCUT2D eigenvalue weighted by atomic mass is 79.9. The SMILES string of the molecule is O=C(O)CCCN1C(=O)/C(=C\c2cc(Br)ccc2OCc2ccc(Cl)cc2Cl)SC1=S. The number of rotatable bonds is 8. The molecule has 0 saturated carbocycles. The van der Waals surface area contributed by atoms with Gasteiger partial charge in [0.15, 0.2) is 0 Å². The van der Waals surface area contributed by atoms with Crippen LogP contribution in [0, 0.1) is 0 Å². The maximum atomic E-state index is 12.8. The standard InChI is InChI=1S/C21H16BrCl2NO4S2/c22-14-4-6-17(29-11-12-3-5-15(23)10-16(12)24)13(8-14)9-18-20(28)25(21(30)31-18)7-1-2-19(26)27/h3-6,8-10H,1-2,7,11H2,(H,26,27)/b18-9+. The smallest absolute Gasteiger partial charge is 0.303 e. The van der Waals surface area contributed by atoms with E-state index in [0.29, 0.717) is 37.0 Å². The third-order valence-corrected chi connectivity index (χ3v) is 6.76. The minimum atomic E-state index is -0.905. The molecule has 1 heterocycles. The number of aliphatic carboxylic acids is 1. The molecule has 0 aromatic heterocycles. The zero-order valence-corrected chi connectivity index (χ0v) is 20.7. The molecule has 1 saturated heterocycles. The molecule has 0 spiro atoms. The van der Waals surface area contributed by atoms with Crippen LogP contribution in [-0.2, 0) is 16.2 Å². The van der Waals surface area contributed by atoms with Gasteiger partial charge in [-0.25, -0.2) is 0 Å². The van der Waals surface area contributed by atoms with Crippen LogP contribution >= 0.6 is 63.1 Å². The van der Waals surface area contributed by atoms with Gasteiger partial charge >= 0.3 is 5.97 Å². The van der Waals surface area contributed by atoms with Crippen LogP contribution in [0.3, 0.4) is 0 Å². The van der Waals surface area contributed by atoms with Crippen molar-refractivity contribution in [1.82, 2.24) is 4.90 Å². The molecule has 1 amide bonds. The van der Waals surface area contributed by atoms with Crippen LogP contribution in [0.4, 0.5) is 0 Å². The van der Waals surface area contributed by atoms with E-state index in [2.05, 4.69) is 15.9 Å². The monoisotopic (exact) mass is 559 g/mol. The number of nitrogens with zero attached hydrogens (tertiary/aromatic N) is 1. The van der Waals surface area contributed by atoms with E-state index in [4.69, 9.17) is 45.3 Å². The van der Waals surface area contributed by atoms with Crippen molar-refractivity contribution >= 4 is 85.4 Å². The van der Waals surface area contributed by atoms with Gasteiger partial charge in [0.1, 0.15) is 16.7 Å². The van der Waals surface area contributed by atoms with Crippen molar-refractivity contribution in [3.63, 3.8) is 0 Å². The Morgan fingerprint density at radius 2 is 2.03 bits per heavy atom. The number of carboxylic acid groups (broad SMARTS) is 1. The highest BCUT2D eigenvalue weighted by Gasteiger charge is 2.31. The summed E-state index contributed by atoms with van der Waals surface area (Å²) < 4.78 is 7.20. The molecule has 0 atom stereocenters. The van der Waals surface area contributed by atoms with E-state index in [1.807, 2.05) is 12.1 Å². The number of ether oxygens (including phenoxy) is 1. The summed E-state index contributed by atoms with van der Waals surface area (Å²) in [5.74, 6) is -0.574. The third kappa shape index (κ3) is 6.46. The fraction of sp³-hybridized carbons (Fsp3) is 0.190. The molecule has 1 aliphatic rings. The molecule has 1 fully saturated rings. The lowest BCUT2D eigenvalue weighted by molar-refractivity contribution is -0.137. The fourth-order valence-corrected chi connectivity index (χ4v) is 4.92. The summed E-state index contributed by atoms with van der Waals surface area (Å²) in [6, 6.07) is 10.7. The zero-order chi connectivity index (χ0) is 22.5. The second-order valence-electron chi connectivity index (χ2n) is 6.54. The fourth-order valence-electron chi connectivity index (χ4n) is 2.78. The number of halogens is 3. The lowest BCUT2D eigenvalue weighted by Gasteiger charge is -2.13. The highest BCUT2D eigenvalue weighted by molar-refractivity contribution is 9.10. The van der Waals surface area contributed by atoms with Crippen LogP contribution in [0.15, 0.2) is 45.8 Å². The van der Waals surface area contributed by atoms with Gasteiger partial charge in [0.25, 0.3) is 5.91 Å². The predicted molar refractivity (Wildman–Crippen MR) is 132 cm³/mol. The van der Waals surface area contributed by atoms with E-state index in [9.17, 15) is 9.59 Å². The van der Waals surface area contributed by atoms with Crippen LogP contribution in [0.2, 0.25) is 10.0 Å². The van der Waals surface area contributed by atoms with E-state index >= 15 is 0 Å². The second kappa shape index (κ2) is 10.8. The van der Waals surface area contributed by atoms with Crippen molar-refractivity contribution in [1.29, 1.82) is 0 Å². The number of carboxylic acids is 1. The third-order valence-electron chi connectivity index (χ3n) is 4.30. The van der Waals surface area contributed by atoms with Gasteiger partial charge in [-0.05, 0) is 42.8 Å². The van der Waals surface area contributed by atoms with Gasteiger partial charge in [-0.3, -0.25) is 14.5 Å². The zero-order valence-electron chi connectivity index (χ0n) is 15.9. The van der Waals surface area contributed by atoms with Crippen LogP contribution in [0.25, 0.3) is 6.08 Å². The number of thioether (sulfide) groups is 1. The van der Waals surface area contributed by atoms with E-state index in [1.165, 1.54) is 16.7 Å². The molecule has 3 rings (SSSR count). The topological polar surface area (TPSA) is 66.8 Å². The van der Waals surface area contributed by atoms with Crippen molar-refractivity contribution in [3.8, 4) is 5.75 Å². The summed E-state index contributed by atoms with van der Waals surface area (Å²) in [5, 5.41) is 9.85. The Morgan fingerprint density at radius 1 is 1.26 bits per heavy atom. The summed E-state index contributed by atoms with van der Waals surface area (Å²) in [4.78, 5) is 25.4. The van der Waals surface area contributed by atoms with Gasteiger partial charge in [0, 0.05) is 38.6 Å². The summed E-state index contributed by atoms with van der Waals surface area (Å²) in [7, 11) is 0. The summed E-state index contributed by atoms with van der Waals surface area (Å²) >= 11 is 22.1. The number of amides is 1. The molecule has 0 unspecified atom stereocenters. The largest absolute Gasteiger partial charge is 0.488 e. The Balaban J connectivity index is 1.78. The van der Waals surface area contributed by atoms with E-state index in [0.717, 1.165) is 10.0 Å². The summed E-state index contributed by atoms with van der Waals surface area (Å²) in [5.41, 5.74) is 1.48. The van der Waals surface area contributed by atoms with Crippen molar-refractivity contribution in [2.75, 3.05) is 6.54 Å². The number of hydrogen-bond donors (Lipinski definition) is 1. The first-order valence-corrected chi connectivity index (χ1v) is 11.9. The lowest BCUT2D eigenvalue weighted by atomic mass is 10.1. The van der Waals surface area contributed by atoms with Gasteiger partial charge < -0.3 is 9.84 Å². The van der Waals surface area contributed by atoms with Crippen molar-refractivity contribution < 1.29 is 19.4 Å². The quantitative estimate of drug-likeness (QED) is 0.297. The Kier molecular flexibility index (Phi) is 8.41. The average Bonchev–Trinajstić information content (AvgIpc) is 2.95. The van der Waals surface area contributed by atoms with Gasteiger partial charge in [-0.1, -0.05) is 69.2 Å². The molecule has 10 heteroatoms. The predicted octanol–water partition coefficient (Wildman–Crippen LogP) is 6.40. The maximum absolute atomic E-state index is 12.8. The molecular weight excluding hydrogens is 545 g/mol. The van der Waals surface area contributed by atoms with Crippen molar-refractivity contribution in [3.05, 3.63) is 66.9 Å². The minimum Gasteiger partial charge on any atom is -0.488 e. The molecule has 2 aromatic carbocycles. The molecule has 1 aliphatic heterocycles. The second-order valence-corrected chi connectivity index (χ2v) is 9.97. The van der Waals surface area contributed by atoms with Gasteiger partial charge in [-0.2, -0.15) is 0 Å². The Bertz CT molecular complexity index is 1080. The van der Waals surface area contributed by atoms with Crippen LogP contribution in [-0.4, -0.2) is 32.7 Å². The highest BCUT2D eigenvalue weighted by Crippen LogP contribution is 2.35. The van der Waals surface area contributed by atoms with E-state index in [1.54, 1.807) is 30.3 Å². The van der Waals surface area contributed by atoms with Crippen LogP contribution in [0.1, 0.15) is 24.0 Å². The molecular formula is C21H16BrCl2NO4S2. The molecule has 0 bridgehead atoms. The number of hydrogen-bond acceptors (Lipinski definition) is 5. The summed E-state index contributed by atoms with van der Waals surface area (Å²) in [6.45, 7) is 0.500. The molecule has 2 aromatic rings. The molecule has 0 radical (unpaired) electrons. The van der Waals surface area contributed by atoms with Gasteiger partial charge in [0.2, 0.25) is 0 Å². The van der Waals surface area contributed by atoms with E-state index < -0.39 is 5.97 Å². The number of carbonyl (C=O) groups is 2. The van der Waals surface area contributed by atoms with Gasteiger partial charge in [-0.15, -0.1) is 0 Å². The van der Waals surface area contributed by atoms with Crippen LogP contribution in [0.5, 0.6) is 5.75 Å². The Hall–Kier alpha value is -1.58. The first-order valence-electron chi connectivity index (χ1n) is 9.08. The molecule has 5 nitrogen and oxygen atoms in total. The minimum absolute atomic E-state index is 0.0208. The number of thiocarbonyl (C=S) groups is 1. The van der Waals surface area contributed by atoms with E-state index in [-0.39, 0.29) is 25.5 Å². The van der Waals surface area contributed by atoms with Crippen LogP contribution < -0.4 is 4.74 Å².